The highest BCUT2D eigenvalue weighted by Crippen LogP contribution is 2.08. The Balaban J connectivity index is 2.69. The van der Waals surface area contributed by atoms with E-state index in [9.17, 15) is 13.2 Å². The maximum atomic E-state index is 11.8. The number of hydrogen-bond acceptors (Lipinski definition) is 6. The van der Waals surface area contributed by atoms with Gasteiger partial charge in [0.2, 0.25) is 10.0 Å². The molecule has 0 amide bonds. The highest BCUT2D eigenvalue weighted by atomic mass is 32.2. The molecule has 0 aliphatic carbocycles. The Morgan fingerprint density at radius 3 is 2.95 bits per heavy atom. The molecule has 1 rings (SSSR count). The van der Waals surface area contributed by atoms with Gasteiger partial charge in [0.05, 0.1) is 18.8 Å². The summed E-state index contributed by atoms with van der Waals surface area (Å²) in [5, 5.41) is 8.60. The maximum absolute atomic E-state index is 11.8. The topological polar surface area (TPSA) is 106 Å². The molecule has 0 spiro atoms. The number of carbonyl (C=O) groups excluding carboxylic acids is 1. The van der Waals surface area contributed by atoms with Gasteiger partial charge in [-0.15, -0.1) is 0 Å². The van der Waals surface area contributed by atoms with E-state index in [2.05, 4.69) is 26.3 Å². The number of aliphatic hydroxyl groups excluding tert-OH is 1. The van der Waals surface area contributed by atoms with E-state index in [-0.39, 0.29) is 31.2 Å². The largest absolute Gasteiger partial charge is 0.466 e. The Kier molecular flexibility index (Phi) is 6.65. The predicted octanol–water partition coefficient (Wildman–Crippen LogP) is 0.120. The van der Waals surface area contributed by atoms with Gasteiger partial charge in [-0.2, -0.15) is 0 Å². The molecule has 0 atom stereocenters. The smallest absolute Gasteiger partial charge is 0.306 e. The van der Waals surface area contributed by atoms with E-state index >= 15 is 0 Å². The van der Waals surface area contributed by atoms with Crippen molar-refractivity contribution in [2.24, 2.45) is 0 Å². The highest BCUT2D eigenvalue weighted by Gasteiger charge is 2.14. The van der Waals surface area contributed by atoms with Gasteiger partial charge in [-0.25, -0.2) is 13.4 Å². The quantitative estimate of drug-likeness (QED) is 0.571. The van der Waals surface area contributed by atoms with Gasteiger partial charge >= 0.3 is 5.97 Å². The molecule has 114 valence electrons. The monoisotopic (exact) mass is 312 g/mol. The van der Waals surface area contributed by atoms with E-state index < -0.39 is 16.0 Å². The Bertz CT molecular complexity index is 646. The van der Waals surface area contributed by atoms with Crippen LogP contribution in [0.15, 0.2) is 18.3 Å². The fourth-order valence-electron chi connectivity index (χ4n) is 1.37. The first-order valence-electron chi connectivity index (χ1n) is 6.18. The lowest BCUT2D eigenvalue weighted by Gasteiger charge is -2.07. The summed E-state index contributed by atoms with van der Waals surface area (Å²) in [6.07, 6.45) is 1.16. The first-order chi connectivity index (χ1) is 9.96. The molecule has 0 aromatic carbocycles. The van der Waals surface area contributed by atoms with Crippen molar-refractivity contribution in [3.63, 3.8) is 0 Å². The van der Waals surface area contributed by atoms with Crippen LogP contribution >= 0.6 is 0 Å². The second-order valence-electron chi connectivity index (χ2n) is 3.87. The molecule has 0 fully saturated rings. The standard InChI is InChI=1S/C13H16N2O5S/c1-2-20-13(17)6-9-21(18,19)15-12-10-11(4-3-8-16)5-7-14-12/h5,7,10,16H,2,6,8-9H2,1H3,(H,14,15). The minimum atomic E-state index is -3.70. The van der Waals surface area contributed by atoms with Crippen molar-refractivity contribution < 1.29 is 23.1 Å². The molecule has 1 aromatic rings. The Hall–Kier alpha value is -2.11. The van der Waals surface area contributed by atoms with Crippen LogP contribution in [-0.4, -0.2) is 43.4 Å². The SMILES string of the molecule is CCOC(=O)CCS(=O)(=O)Nc1cc(C#CCO)ccn1. The molecule has 0 bridgehead atoms. The van der Waals surface area contributed by atoms with E-state index in [1.54, 1.807) is 13.0 Å². The molecule has 1 heterocycles. The van der Waals surface area contributed by atoms with E-state index in [1.165, 1.54) is 12.3 Å². The van der Waals surface area contributed by atoms with Crippen molar-refractivity contribution in [1.82, 2.24) is 4.98 Å². The molecule has 2 N–H and O–H groups in total. The third kappa shape index (κ3) is 6.74. The predicted molar refractivity (Wildman–Crippen MR) is 76.9 cm³/mol. The van der Waals surface area contributed by atoms with Gasteiger partial charge in [-0.3, -0.25) is 9.52 Å². The second kappa shape index (κ2) is 8.24. The fraction of sp³-hybridized carbons (Fsp3) is 0.385. The summed E-state index contributed by atoms with van der Waals surface area (Å²) in [7, 11) is -3.70. The lowest BCUT2D eigenvalue weighted by atomic mass is 10.2. The molecular formula is C13H16N2O5S. The Morgan fingerprint density at radius 1 is 1.52 bits per heavy atom. The van der Waals surface area contributed by atoms with Crippen LogP contribution in [-0.2, 0) is 19.6 Å². The van der Waals surface area contributed by atoms with Gasteiger partial charge in [0.1, 0.15) is 12.4 Å². The van der Waals surface area contributed by atoms with Gasteiger partial charge in [-0.1, -0.05) is 11.8 Å². The van der Waals surface area contributed by atoms with Crippen molar-refractivity contribution in [3.8, 4) is 11.8 Å². The molecule has 0 radical (unpaired) electrons. The average Bonchev–Trinajstić information content (AvgIpc) is 2.43. The third-order valence-electron chi connectivity index (χ3n) is 2.21. The summed E-state index contributed by atoms with van der Waals surface area (Å²) in [5.41, 5.74) is 0.516. The number of pyridine rings is 1. The molecule has 0 aliphatic heterocycles. The molecule has 21 heavy (non-hydrogen) atoms. The van der Waals surface area contributed by atoms with Crippen molar-refractivity contribution in [3.05, 3.63) is 23.9 Å². The van der Waals surface area contributed by atoms with Crippen molar-refractivity contribution in [2.75, 3.05) is 23.7 Å². The molecule has 0 saturated carbocycles. The number of anilines is 1. The van der Waals surface area contributed by atoms with Crippen LogP contribution in [0.25, 0.3) is 0 Å². The summed E-state index contributed by atoms with van der Waals surface area (Å²) in [6, 6.07) is 3.02. The van der Waals surface area contributed by atoms with E-state index in [0.717, 1.165) is 0 Å². The molecule has 7 nitrogen and oxygen atoms in total. The van der Waals surface area contributed by atoms with Gasteiger partial charge < -0.3 is 9.84 Å². The van der Waals surface area contributed by atoms with E-state index in [1.807, 2.05) is 0 Å². The van der Waals surface area contributed by atoms with Crippen LogP contribution in [0.5, 0.6) is 0 Å². The molecule has 0 unspecified atom stereocenters. The number of hydrogen-bond donors (Lipinski definition) is 2. The van der Waals surface area contributed by atoms with Gasteiger partial charge in [0.25, 0.3) is 0 Å². The maximum Gasteiger partial charge on any atom is 0.306 e. The van der Waals surface area contributed by atoms with Crippen LogP contribution in [0.2, 0.25) is 0 Å². The number of nitrogens with one attached hydrogen (secondary N) is 1. The fourth-order valence-corrected chi connectivity index (χ4v) is 2.33. The van der Waals surface area contributed by atoms with Crippen molar-refractivity contribution >= 4 is 21.8 Å². The number of carbonyl (C=O) groups is 1. The molecular weight excluding hydrogens is 296 g/mol. The van der Waals surface area contributed by atoms with E-state index in [4.69, 9.17) is 5.11 Å². The van der Waals surface area contributed by atoms with Crippen LogP contribution in [0, 0.1) is 11.8 Å². The third-order valence-corrected chi connectivity index (χ3v) is 3.47. The minimum absolute atomic E-state index is 0.101. The number of rotatable bonds is 6. The first kappa shape index (κ1) is 16.9. The van der Waals surface area contributed by atoms with Gasteiger partial charge in [0.15, 0.2) is 0 Å². The van der Waals surface area contributed by atoms with Gasteiger partial charge in [-0.05, 0) is 19.1 Å². The van der Waals surface area contributed by atoms with Crippen LogP contribution in [0.3, 0.4) is 0 Å². The van der Waals surface area contributed by atoms with Crippen LogP contribution in [0.4, 0.5) is 5.82 Å². The Morgan fingerprint density at radius 2 is 2.29 bits per heavy atom. The summed E-state index contributed by atoms with van der Waals surface area (Å²) >= 11 is 0. The van der Waals surface area contributed by atoms with Gasteiger partial charge in [0, 0.05) is 11.8 Å². The summed E-state index contributed by atoms with van der Waals surface area (Å²) in [5.74, 6) is 4.23. The van der Waals surface area contributed by atoms with Crippen molar-refractivity contribution in [2.45, 2.75) is 13.3 Å². The Labute approximate surface area is 123 Å². The number of ether oxygens (including phenoxy) is 1. The van der Waals surface area contributed by atoms with Crippen molar-refractivity contribution in [1.29, 1.82) is 0 Å². The van der Waals surface area contributed by atoms with Crippen LogP contribution in [0.1, 0.15) is 18.9 Å². The number of sulfonamides is 1. The lowest BCUT2D eigenvalue weighted by molar-refractivity contribution is -0.142. The molecule has 0 aliphatic rings. The zero-order chi connectivity index (χ0) is 15.7. The number of nitrogens with zero attached hydrogens (tertiary/aromatic N) is 1. The normalized spacial score (nSPS) is 10.4. The van der Waals surface area contributed by atoms with E-state index in [0.29, 0.717) is 5.56 Å². The zero-order valence-electron chi connectivity index (χ0n) is 11.5. The number of aliphatic hydroxyl groups is 1. The van der Waals surface area contributed by atoms with Crippen LogP contribution < -0.4 is 4.72 Å². The average molecular weight is 312 g/mol. The summed E-state index contributed by atoms with van der Waals surface area (Å²) in [6.45, 7) is 1.57. The second-order valence-corrected chi connectivity index (χ2v) is 5.71. The summed E-state index contributed by atoms with van der Waals surface area (Å²) in [4.78, 5) is 15.0. The molecule has 8 heteroatoms. The number of aromatic nitrogens is 1. The molecule has 1 aromatic heterocycles. The molecule has 0 saturated heterocycles. The summed E-state index contributed by atoms with van der Waals surface area (Å²) < 4.78 is 30.5. The number of esters is 1. The minimum Gasteiger partial charge on any atom is -0.466 e. The highest BCUT2D eigenvalue weighted by molar-refractivity contribution is 7.92. The first-order valence-corrected chi connectivity index (χ1v) is 7.84. The lowest BCUT2D eigenvalue weighted by Crippen LogP contribution is -2.20. The zero-order valence-corrected chi connectivity index (χ0v) is 12.3.